The molecule has 1 aromatic heterocycles. The maximum Gasteiger partial charge on any atom is 0.166 e. The molecule has 2 aliphatic rings. The topological polar surface area (TPSA) is 88.4 Å². The van der Waals surface area contributed by atoms with Gasteiger partial charge in [0.2, 0.25) is 0 Å². The number of nitrogens with zero attached hydrogens (tertiary/aromatic N) is 1. The predicted octanol–water partition coefficient (Wildman–Crippen LogP) is 3.90. The van der Waals surface area contributed by atoms with E-state index in [1.165, 1.54) is 12.1 Å². The lowest BCUT2D eigenvalue weighted by molar-refractivity contribution is -0.143. The third kappa shape index (κ3) is 6.14. The molecular formula is C25H36FNO7. The number of phenolic OH excluding ortho intramolecular Hbond substituents is 1. The first kappa shape index (κ1) is 26.6. The summed E-state index contributed by atoms with van der Waals surface area (Å²) in [7, 11) is 1.66. The first-order valence-electron chi connectivity index (χ1n) is 11.4. The number of hydrogen-bond acceptors (Lipinski definition) is 7. The molecule has 0 amide bonds. The van der Waals surface area contributed by atoms with Gasteiger partial charge in [-0.2, -0.15) is 0 Å². The molecule has 2 saturated heterocycles. The minimum Gasteiger partial charge on any atom is -0.505 e. The summed E-state index contributed by atoms with van der Waals surface area (Å²) in [6.07, 6.45) is 0.776. The van der Waals surface area contributed by atoms with E-state index < -0.39 is 28.6 Å². The largest absolute Gasteiger partial charge is 0.505 e. The van der Waals surface area contributed by atoms with Crippen LogP contribution in [0.2, 0.25) is 0 Å². The van der Waals surface area contributed by atoms with Crippen LogP contribution >= 0.6 is 0 Å². The Morgan fingerprint density at radius 1 is 1.12 bits per heavy atom. The van der Waals surface area contributed by atoms with Gasteiger partial charge in [-0.3, -0.25) is 0 Å². The summed E-state index contributed by atoms with van der Waals surface area (Å²) in [4.78, 5) is 11.5. The van der Waals surface area contributed by atoms with Crippen LogP contribution in [-0.2, 0) is 40.4 Å². The van der Waals surface area contributed by atoms with Gasteiger partial charge in [0.05, 0.1) is 37.3 Å². The Balaban J connectivity index is 0.000000271. The van der Waals surface area contributed by atoms with Gasteiger partial charge in [-0.15, -0.1) is 0 Å². The summed E-state index contributed by atoms with van der Waals surface area (Å²) in [5.74, 6) is -2.17. The highest BCUT2D eigenvalue weighted by molar-refractivity contribution is 5.85. The van der Waals surface area contributed by atoms with Crippen LogP contribution in [0.4, 0.5) is 4.39 Å². The van der Waals surface area contributed by atoms with Gasteiger partial charge in [-0.1, -0.05) is 0 Å². The molecule has 2 fully saturated rings. The average Bonchev–Trinajstić information content (AvgIpc) is 3.38. The zero-order chi connectivity index (χ0) is 25.3. The first-order valence-corrected chi connectivity index (χ1v) is 11.4. The van der Waals surface area contributed by atoms with Gasteiger partial charge in [0.1, 0.15) is 18.5 Å². The quantitative estimate of drug-likeness (QED) is 0.626. The monoisotopic (exact) mass is 481 g/mol. The number of carbonyl (C=O) groups excluding carboxylic acids is 1. The lowest BCUT2D eigenvalue weighted by atomic mass is 9.91. The summed E-state index contributed by atoms with van der Waals surface area (Å²) in [5.41, 5.74) is 0.606. The first-order chi connectivity index (χ1) is 15.8. The van der Waals surface area contributed by atoms with Crippen LogP contribution < -0.4 is 0 Å². The van der Waals surface area contributed by atoms with Crippen molar-refractivity contribution in [3.8, 4) is 5.75 Å². The van der Waals surface area contributed by atoms with Crippen molar-refractivity contribution in [1.82, 2.24) is 4.57 Å². The minimum atomic E-state index is -0.750. The highest BCUT2D eigenvalue weighted by Crippen LogP contribution is 2.33. The third-order valence-electron chi connectivity index (χ3n) is 5.80. The fraction of sp³-hybridized carbons (Fsp3) is 0.640. The second-order valence-corrected chi connectivity index (χ2v) is 10.2. The number of aromatic nitrogens is 1. The predicted molar refractivity (Wildman–Crippen MR) is 124 cm³/mol. The molecule has 0 saturated carbocycles. The summed E-state index contributed by atoms with van der Waals surface area (Å²) in [6, 6.07) is 4.47. The number of fused-ring (bicyclic) bond motifs is 1. The molecule has 0 bridgehead atoms. The number of aromatic hydroxyl groups is 1. The summed E-state index contributed by atoms with van der Waals surface area (Å²) < 4.78 is 42.8. The maximum absolute atomic E-state index is 13.9. The molecule has 2 aromatic rings. The van der Waals surface area contributed by atoms with Crippen LogP contribution in [0.1, 0.15) is 47.2 Å². The van der Waals surface area contributed by atoms with E-state index in [-0.39, 0.29) is 12.2 Å². The van der Waals surface area contributed by atoms with Gasteiger partial charge < -0.3 is 38.2 Å². The third-order valence-corrected chi connectivity index (χ3v) is 5.80. The van der Waals surface area contributed by atoms with Gasteiger partial charge in [-0.05, 0) is 53.7 Å². The number of methoxy groups -OCH3 is 1. The lowest BCUT2D eigenvalue weighted by Gasteiger charge is -2.23. The number of phenols is 1. The molecule has 190 valence electrons. The Labute approximate surface area is 199 Å². The van der Waals surface area contributed by atoms with Gasteiger partial charge in [0.15, 0.2) is 23.1 Å². The Morgan fingerprint density at radius 2 is 1.71 bits per heavy atom. The molecule has 1 N–H and O–H groups in total. The van der Waals surface area contributed by atoms with E-state index in [9.17, 15) is 14.3 Å². The van der Waals surface area contributed by atoms with E-state index in [0.717, 1.165) is 12.0 Å². The van der Waals surface area contributed by atoms with Crippen LogP contribution in [-0.4, -0.2) is 66.7 Å². The van der Waals surface area contributed by atoms with E-state index >= 15 is 0 Å². The lowest BCUT2D eigenvalue weighted by Crippen LogP contribution is -2.28. The van der Waals surface area contributed by atoms with Crippen molar-refractivity contribution >= 4 is 17.2 Å². The summed E-state index contributed by atoms with van der Waals surface area (Å²) in [6.45, 7) is 13.2. The smallest absolute Gasteiger partial charge is 0.166 e. The van der Waals surface area contributed by atoms with Gasteiger partial charge in [0.25, 0.3) is 0 Å². The number of ether oxygens (including phenoxy) is 5. The highest BCUT2D eigenvalue weighted by Gasteiger charge is 2.35. The van der Waals surface area contributed by atoms with Gasteiger partial charge >= 0.3 is 0 Å². The van der Waals surface area contributed by atoms with Crippen LogP contribution in [0, 0.1) is 5.82 Å². The molecule has 34 heavy (non-hydrogen) atoms. The molecule has 2 atom stereocenters. The number of benzene rings is 1. The number of carbonyl (C=O) groups is 1. The van der Waals surface area contributed by atoms with Gasteiger partial charge in [0, 0.05) is 24.3 Å². The van der Waals surface area contributed by atoms with Crippen LogP contribution in [0.5, 0.6) is 5.75 Å². The van der Waals surface area contributed by atoms with E-state index in [0.29, 0.717) is 37.3 Å². The zero-order valence-electron chi connectivity index (χ0n) is 21.0. The van der Waals surface area contributed by atoms with Crippen molar-refractivity contribution in [1.29, 1.82) is 0 Å². The summed E-state index contributed by atoms with van der Waals surface area (Å²) in [5, 5.41) is 10.3. The number of halogens is 1. The van der Waals surface area contributed by atoms with Crippen molar-refractivity contribution in [2.75, 3.05) is 26.9 Å². The second kappa shape index (κ2) is 9.91. The van der Waals surface area contributed by atoms with Crippen molar-refractivity contribution in [3.63, 3.8) is 0 Å². The molecule has 0 spiro atoms. The Kier molecular flexibility index (Phi) is 7.74. The van der Waals surface area contributed by atoms with Crippen molar-refractivity contribution in [2.45, 2.75) is 77.3 Å². The number of rotatable bonds is 6. The molecule has 0 aliphatic carbocycles. The van der Waals surface area contributed by atoms with Crippen molar-refractivity contribution in [3.05, 3.63) is 29.7 Å². The van der Waals surface area contributed by atoms with Crippen LogP contribution in [0.3, 0.4) is 0 Å². The van der Waals surface area contributed by atoms with Crippen LogP contribution in [0.15, 0.2) is 18.2 Å². The molecule has 3 heterocycles. The minimum absolute atomic E-state index is 0.111. The van der Waals surface area contributed by atoms with Crippen LogP contribution in [0.25, 0.3) is 10.9 Å². The van der Waals surface area contributed by atoms with E-state index in [1.807, 2.05) is 38.3 Å². The molecule has 4 rings (SSSR count). The van der Waals surface area contributed by atoms with E-state index in [1.54, 1.807) is 21.0 Å². The molecular weight excluding hydrogens is 445 g/mol. The van der Waals surface area contributed by atoms with Crippen molar-refractivity contribution < 1.29 is 38.0 Å². The normalized spacial score (nSPS) is 23.6. The van der Waals surface area contributed by atoms with E-state index in [4.69, 9.17) is 23.7 Å². The SMILES string of the molecule is CC1(C)OCC(Cn2c(C(C)(C)C=O)cc3cc(O)c(F)cc32)O1.COCC1COC(C)(C)O1. The maximum atomic E-state index is 13.9. The molecule has 9 heteroatoms. The number of hydrogen-bond donors (Lipinski definition) is 1. The zero-order valence-corrected chi connectivity index (χ0v) is 21.0. The molecule has 2 unspecified atom stereocenters. The highest BCUT2D eigenvalue weighted by atomic mass is 19.1. The van der Waals surface area contributed by atoms with Crippen molar-refractivity contribution in [2.24, 2.45) is 0 Å². The summed E-state index contributed by atoms with van der Waals surface area (Å²) >= 11 is 0. The molecule has 1 aromatic carbocycles. The molecule has 0 radical (unpaired) electrons. The molecule has 2 aliphatic heterocycles. The number of aldehydes is 1. The van der Waals surface area contributed by atoms with E-state index in [2.05, 4.69) is 0 Å². The Bertz CT molecular complexity index is 1010. The fourth-order valence-corrected chi connectivity index (χ4v) is 4.15. The second-order valence-electron chi connectivity index (χ2n) is 10.2. The molecule has 8 nitrogen and oxygen atoms in total. The van der Waals surface area contributed by atoms with Gasteiger partial charge in [-0.25, -0.2) is 4.39 Å². The Morgan fingerprint density at radius 3 is 2.21 bits per heavy atom. The average molecular weight is 482 g/mol. The Hall–Kier alpha value is -2.04. The fourth-order valence-electron chi connectivity index (χ4n) is 4.15. The standard InChI is InChI=1S/C18H22FNO4.C7H14O3/c1-17(2,10-21)16-6-11-5-15(22)13(19)7-14(11)20(16)8-12-9-23-18(3,4)24-12;1-7(2)9-5-6(10-7)4-8-3/h5-7,10,12,22H,8-9H2,1-4H3;6H,4-5H2,1-3H3.